The Morgan fingerprint density at radius 2 is 2.00 bits per heavy atom. The van der Waals surface area contributed by atoms with Crippen molar-refractivity contribution in [1.29, 1.82) is 0 Å². The van der Waals surface area contributed by atoms with Gasteiger partial charge in [-0.05, 0) is 18.6 Å². The number of fused-ring (bicyclic) bond motifs is 1. The lowest BCUT2D eigenvalue weighted by molar-refractivity contribution is -0.122. The zero-order valence-corrected chi connectivity index (χ0v) is 9.90. The monoisotopic (exact) mass is 244 g/mol. The number of benzene rings is 1. The van der Waals surface area contributed by atoms with Crippen molar-refractivity contribution >= 4 is 17.7 Å². The molecule has 5 nitrogen and oxygen atoms in total. The normalized spacial score (nSPS) is 13.8. The fourth-order valence-corrected chi connectivity index (χ4v) is 1.90. The Morgan fingerprint density at radius 1 is 1.33 bits per heavy atom. The van der Waals surface area contributed by atoms with Gasteiger partial charge in [-0.25, -0.2) is 4.90 Å². The summed E-state index contributed by atoms with van der Waals surface area (Å²) >= 11 is 0. The summed E-state index contributed by atoms with van der Waals surface area (Å²) in [5.41, 5.74) is 6.67. The van der Waals surface area contributed by atoms with Crippen LogP contribution in [0.3, 0.4) is 0 Å². The number of hydrogen-bond acceptors (Lipinski definition) is 4. The zero-order valence-electron chi connectivity index (χ0n) is 9.90. The predicted octanol–water partition coefficient (Wildman–Crippen LogP) is 0.844. The van der Waals surface area contributed by atoms with Gasteiger partial charge in [0.2, 0.25) is 0 Å². The molecule has 1 heterocycles. The average molecular weight is 244 g/mol. The highest BCUT2D eigenvalue weighted by atomic mass is 16.2. The van der Waals surface area contributed by atoms with Gasteiger partial charge >= 0.3 is 0 Å². The minimum atomic E-state index is -0.677. The summed E-state index contributed by atoms with van der Waals surface area (Å²) in [6, 6.07) is 4.82. The molecule has 0 radical (unpaired) electrons. The molecule has 2 rings (SSSR count). The highest BCUT2D eigenvalue weighted by Crippen LogP contribution is 2.26. The van der Waals surface area contributed by atoms with E-state index in [2.05, 4.69) is 6.58 Å². The van der Waals surface area contributed by atoms with Crippen molar-refractivity contribution in [3.05, 3.63) is 47.0 Å². The van der Waals surface area contributed by atoms with Crippen LogP contribution in [0.25, 0.3) is 0 Å². The largest absolute Gasteiger partial charge is 0.326 e. The Balaban J connectivity index is 2.57. The first-order valence-corrected chi connectivity index (χ1v) is 5.39. The minimum Gasteiger partial charge on any atom is -0.326 e. The number of carbonyl (C=O) groups excluding carboxylic acids is 3. The van der Waals surface area contributed by atoms with Crippen molar-refractivity contribution in [1.82, 2.24) is 4.90 Å². The van der Waals surface area contributed by atoms with E-state index in [1.807, 2.05) is 0 Å². The predicted molar refractivity (Wildman–Crippen MR) is 64.7 cm³/mol. The zero-order chi connectivity index (χ0) is 13.4. The maximum Gasteiger partial charge on any atom is 0.269 e. The highest BCUT2D eigenvalue weighted by Gasteiger charge is 2.41. The molecule has 0 spiro atoms. The molecule has 1 aromatic rings. The molecule has 3 amide bonds. The average Bonchev–Trinajstić information content (AvgIpc) is 2.61. The lowest BCUT2D eigenvalue weighted by Gasteiger charge is -2.11. The van der Waals surface area contributed by atoms with Gasteiger partial charge < -0.3 is 5.73 Å². The SMILES string of the molecule is C=C(C)C(=O)N1C(=O)c2cccc(CN)c2C1=O. The number of nitrogens with two attached hydrogens (primary N) is 1. The molecule has 0 aromatic heterocycles. The molecule has 92 valence electrons. The summed E-state index contributed by atoms with van der Waals surface area (Å²) in [5, 5.41) is 0. The molecule has 0 atom stereocenters. The molecule has 1 aliphatic heterocycles. The quantitative estimate of drug-likeness (QED) is 0.617. The molecular formula is C13H12N2O3. The summed E-state index contributed by atoms with van der Waals surface area (Å²) in [6.45, 7) is 5.04. The third-order valence-electron chi connectivity index (χ3n) is 2.79. The molecule has 2 N–H and O–H groups in total. The van der Waals surface area contributed by atoms with Crippen LogP contribution in [0, 0.1) is 0 Å². The second-order valence-electron chi connectivity index (χ2n) is 4.08. The minimum absolute atomic E-state index is 0.136. The van der Waals surface area contributed by atoms with E-state index in [1.165, 1.54) is 13.0 Å². The number of amides is 3. The Hall–Kier alpha value is -2.27. The molecule has 1 aliphatic rings. The maximum absolute atomic E-state index is 12.1. The fraction of sp³-hybridized carbons (Fsp3) is 0.154. The fourth-order valence-electron chi connectivity index (χ4n) is 1.90. The third kappa shape index (κ3) is 1.56. The van der Waals surface area contributed by atoms with Gasteiger partial charge in [0.15, 0.2) is 0 Å². The lowest BCUT2D eigenvalue weighted by atomic mass is 10.0. The molecule has 0 aliphatic carbocycles. The summed E-state index contributed by atoms with van der Waals surface area (Å²) in [7, 11) is 0. The third-order valence-corrected chi connectivity index (χ3v) is 2.79. The summed E-state index contributed by atoms with van der Waals surface area (Å²) < 4.78 is 0. The van der Waals surface area contributed by atoms with Crippen molar-refractivity contribution in [2.24, 2.45) is 5.73 Å². The van der Waals surface area contributed by atoms with Gasteiger partial charge in [-0.3, -0.25) is 14.4 Å². The van der Waals surface area contributed by atoms with E-state index in [-0.39, 0.29) is 23.2 Å². The van der Waals surface area contributed by atoms with Crippen LogP contribution in [-0.2, 0) is 11.3 Å². The van der Waals surface area contributed by atoms with Gasteiger partial charge in [-0.2, -0.15) is 0 Å². The molecule has 0 saturated carbocycles. The first kappa shape index (κ1) is 12.2. The highest BCUT2D eigenvalue weighted by molar-refractivity contribution is 6.31. The Kier molecular flexibility index (Phi) is 2.84. The van der Waals surface area contributed by atoms with E-state index in [9.17, 15) is 14.4 Å². The number of carbonyl (C=O) groups is 3. The topological polar surface area (TPSA) is 80.5 Å². The van der Waals surface area contributed by atoms with E-state index in [0.717, 1.165) is 0 Å². The Morgan fingerprint density at radius 3 is 2.56 bits per heavy atom. The van der Waals surface area contributed by atoms with Gasteiger partial charge in [0, 0.05) is 12.1 Å². The van der Waals surface area contributed by atoms with Crippen LogP contribution in [0.2, 0.25) is 0 Å². The number of imide groups is 3. The van der Waals surface area contributed by atoms with E-state index in [0.29, 0.717) is 10.5 Å². The van der Waals surface area contributed by atoms with Crippen LogP contribution in [0.4, 0.5) is 0 Å². The van der Waals surface area contributed by atoms with Crippen molar-refractivity contribution in [2.75, 3.05) is 0 Å². The Bertz CT molecular complexity index is 590. The van der Waals surface area contributed by atoms with Crippen LogP contribution < -0.4 is 5.73 Å². The van der Waals surface area contributed by atoms with Crippen molar-refractivity contribution in [3.63, 3.8) is 0 Å². The van der Waals surface area contributed by atoms with Crippen LogP contribution in [-0.4, -0.2) is 22.6 Å². The van der Waals surface area contributed by atoms with E-state index in [4.69, 9.17) is 5.73 Å². The molecule has 5 heteroatoms. The van der Waals surface area contributed by atoms with E-state index in [1.54, 1.807) is 12.1 Å². The molecular weight excluding hydrogens is 232 g/mol. The second-order valence-corrected chi connectivity index (χ2v) is 4.08. The number of nitrogens with zero attached hydrogens (tertiary/aromatic N) is 1. The van der Waals surface area contributed by atoms with E-state index < -0.39 is 17.7 Å². The molecule has 1 aromatic carbocycles. The molecule has 0 unspecified atom stereocenters. The van der Waals surface area contributed by atoms with E-state index >= 15 is 0 Å². The van der Waals surface area contributed by atoms with Crippen molar-refractivity contribution in [3.8, 4) is 0 Å². The lowest BCUT2D eigenvalue weighted by Crippen LogP contribution is -2.36. The molecule has 0 fully saturated rings. The summed E-state index contributed by atoms with van der Waals surface area (Å²) in [5.74, 6) is -1.91. The van der Waals surface area contributed by atoms with Crippen LogP contribution >= 0.6 is 0 Å². The number of hydrogen-bond donors (Lipinski definition) is 1. The van der Waals surface area contributed by atoms with Crippen molar-refractivity contribution < 1.29 is 14.4 Å². The van der Waals surface area contributed by atoms with Gasteiger partial charge in [0.05, 0.1) is 11.1 Å². The van der Waals surface area contributed by atoms with Gasteiger partial charge in [-0.1, -0.05) is 18.7 Å². The van der Waals surface area contributed by atoms with Gasteiger partial charge in [-0.15, -0.1) is 0 Å². The molecule has 0 saturated heterocycles. The molecule has 0 bridgehead atoms. The number of rotatable bonds is 2. The summed E-state index contributed by atoms with van der Waals surface area (Å²) in [4.78, 5) is 36.5. The van der Waals surface area contributed by atoms with Crippen LogP contribution in [0.5, 0.6) is 0 Å². The first-order valence-electron chi connectivity index (χ1n) is 5.39. The van der Waals surface area contributed by atoms with Gasteiger partial charge in [0.25, 0.3) is 17.7 Å². The van der Waals surface area contributed by atoms with Gasteiger partial charge in [0.1, 0.15) is 0 Å². The standard InChI is InChI=1S/C13H12N2O3/c1-7(2)11(16)15-12(17)9-5-3-4-8(6-14)10(9)13(15)18/h3-5H,1,6,14H2,2H3. The van der Waals surface area contributed by atoms with Crippen LogP contribution in [0.1, 0.15) is 33.2 Å². The summed E-state index contributed by atoms with van der Waals surface area (Å²) in [6.07, 6.45) is 0. The van der Waals surface area contributed by atoms with Crippen LogP contribution in [0.15, 0.2) is 30.4 Å². The first-order chi connectivity index (χ1) is 8.49. The van der Waals surface area contributed by atoms with Crippen molar-refractivity contribution in [2.45, 2.75) is 13.5 Å². The second kappa shape index (κ2) is 4.19. The smallest absolute Gasteiger partial charge is 0.269 e. The maximum atomic E-state index is 12.1. The Labute approximate surface area is 104 Å². The molecule has 18 heavy (non-hydrogen) atoms.